The minimum atomic E-state index is -0.931. The molecule has 0 aromatic carbocycles. The highest BCUT2D eigenvalue weighted by atomic mass is 16.4. The van der Waals surface area contributed by atoms with E-state index >= 15 is 0 Å². The minimum absolute atomic E-state index is 0.105. The Kier molecular flexibility index (Phi) is 5.42. The second kappa shape index (κ2) is 5.80. The van der Waals surface area contributed by atoms with Gasteiger partial charge in [0.2, 0.25) is 0 Å². The first-order valence-corrected chi connectivity index (χ1v) is 6.55. The highest BCUT2D eigenvalue weighted by Crippen LogP contribution is 2.26. The first-order valence-electron chi connectivity index (χ1n) is 6.55. The minimum Gasteiger partial charge on any atom is -0.481 e. The second-order valence-electron chi connectivity index (χ2n) is 7.65. The van der Waals surface area contributed by atoms with E-state index in [1.54, 1.807) is 13.8 Å². The molecular formula is C14H28N2O3. The van der Waals surface area contributed by atoms with E-state index in [1.165, 1.54) is 0 Å². The molecule has 112 valence electrons. The van der Waals surface area contributed by atoms with Gasteiger partial charge in [-0.2, -0.15) is 0 Å². The van der Waals surface area contributed by atoms with Crippen molar-refractivity contribution in [1.82, 2.24) is 10.6 Å². The molecule has 0 atom stereocenters. The molecule has 0 radical (unpaired) electrons. The Morgan fingerprint density at radius 2 is 1.32 bits per heavy atom. The molecule has 0 fully saturated rings. The molecule has 0 heterocycles. The van der Waals surface area contributed by atoms with E-state index in [0.717, 1.165) is 6.42 Å². The van der Waals surface area contributed by atoms with Gasteiger partial charge in [-0.1, -0.05) is 20.8 Å². The van der Waals surface area contributed by atoms with Crippen molar-refractivity contribution in [2.75, 3.05) is 0 Å². The molecule has 0 aliphatic rings. The second-order valence-corrected chi connectivity index (χ2v) is 7.65. The van der Waals surface area contributed by atoms with Gasteiger partial charge in [0.05, 0.1) is 6.42 Å². The van der Waals surface area contributed by atoms with Gasteiger partial charge < -0.3 is 15.7 Å². The number of carboxylic acids is 1. The number of aliphatic carboxylic acids is 1. The van der Waals surface area contributed by atoms with Gasteiger partial charge in [-0.25, -0.2) is 4.79 Å². The third-order valence-corrected chi connectivity index (χ3v) is 2.47. The van der Waals surface area contributed by atoms with Crippen LogP contribution < -0.4 is 10.6 Å². The Hall–Kier alpha value is -1.26. The quantitative estimate of drug-likeness (QED) is 0.720. The van der Waals surface area contributed by atoms with Gasteiger partial charge in [-0.15, -0.1) is 0 Å². The highest BCUT2D eigenvalue weighted by molar-refractivity contribution is 5.77. The molecule has 0 aliphatic carbocycles. The van der Waals surface area contributed by atoms with Crippen molar-refractivity contribution in [2.45, 2.75) is 72.4 Å². The first kappa shape index (κ1) is 17.7. The third-order valence-electron chi connectivity index (χ3n) is 2.47. The van der Waals surface area contributed by atoms with E-state index in [1.807, 2.05) is 13.8 Å². The average Bonchev–Trinajstić information content (AvgIpc) is 1.89. The highest BCUT2D eigenvalue weighted by Gasteiger charge is 2.29. The molecular weight excluding hydrogens is 244 g/mol. The Morgan fingerprint density at radius 1 is 0.895 bits per heavy atom. The standard InChI is InChI=1S/C14H28N2O3/c1-12(2,3)9-14(6,7)16-11(19)15-13(4,5)8-10(17)18/h8-9H2,1-7H3,(H,17,18)(H2,15,16,19). The number of nitrogens with one attached hydrogen (secondary N) is 2. The molecule has 19 heavy (non-hydrogen) atoms. The van der Waals surface area contributed by atoms with E-state index in [-0.39, 0.29) is 23.4 Å². The first-order chi connectivity index (χ1) is 8.22. The Bertz CT molecular complexity index is 341. The van der Waals surface area contributed by atoms with Crippen LogP contribution in [0.1, 0.15) is 61.3 Å². The van der Waals surface area contributed by atoms with Crippen LogP contribution in [-0.4, -0.2) is 28.2 Å². The lowest BCUT2D eigenvalue weighted by Gasteiger charge is -2.35. The van der Waals surface area contributed by atoms with Crippen LogP contribution >= 0.6 is 0 Å². The zero-order valence-electron chi connectivity index (χ0n) is 13.2. The van der Waals surface area contributed by atoms with Crippen LogP contribution in [-0.2, 0) is 4.79 Å². The van der Waals surface area contributed by atoms with E-state index in [0.29, 0.717) is 0 Å². The summed E-state index contributed by atoms with van der Waals surface area (Å²) in [6, 6.07) is -0.333. The lowest BCUT2D eigenvalue weighted by Crippen LogP contribution is -2.55. The van der Waals surface area contributed by atoms with Crippen molar-refractivity contribution >= 4 is 12.0 Å². The van der Waals surface area contributed by atoms with Gasteiger partial charge >= 0.3 is 12.0 Å². The molecule has 0 aliphatic heterocycles. The molecule has 0 saturated heterocycles. The summed E-state index contributed by atoms with van der Waals surface area (Å²) in [6.45, 7) is 13.6. The number of carbonyl (C=O) groups is 2. The fourth-order valence-electron chi connectivity index (χ4n) is 2.44. The lowest BCUT2D eigenvalue weighted by molar-refractivity contribution is -0.138. The van der Waals surface area contributed by atoms with Crippen LogP contribution in [0.5, 0.6) is 0 Å². The Morgan fingerprint density at radius 3 is 1.68 bits per heavy atom. The normalized spacial score (nSPS) is 13.0. The summed E-state index contributed by atoms with van der Waals surface area (Å²) in [5.41, 5.74) is -1.01. The summed E-state index contributed by atoms with van der Waals surface area (Å²) in [5.74, 6) is -0.931. The largest absolute Gasteiger partial charge is 0.481 e. The van der Waals surface area contributed by atoms with E-state index < -0.39 is 11.5 Å². The number of rotatable bonds is 5. The van der Waals surface area contributed by atoms with Crippen LogP contribution in [0.3, 0.4) is 0 Å². The topological polar surface area (TPSA) is 78.4 Å². The molecule has 0 spiro atoms. The lowest BCUT2D eigenvalue weighted by atomic mass is 9.82. The van der Waals surface area contributed by atoms with Gasteiger partial charge in [0, 0.05) is 11.1 Å². The number of carboxylic acid groups (broad SMARTS) is 1. The monoisotopic (exact) mass is 272 g/mol. The number of amides is 2. The SMILES string of the molecule is CC(C)(C)CC(C)(C)NC(=O)NC(C)(C)CC(=O)O. The molecule has 0 aromatic rings. The molecule has 0 aromatic heterocycles. The summed E-state index contributed by atoms with van der Waals surface area (Å²) in [7, 11) is 0. The predicted octanol–water partition coefficient (Wildman–Crippen LogP) is 2.75. The van der Waals surface area contributed by atoms with E-state index in [9.17, 15) is 9.59 Å². The summed E-state index contributed by atoms with van der Waals surface area (Å²) in [5, 5.41) is 14.4. The van der Waals surface area contributed by atoms with Crippen molar-refractivity contribution in [1.29, 1.82) is 0 Å². The van der Waals surface area contributed by atoms with Gasteiger partial charge in [-0.3, -0.25) is 4.79 Å². The molecule has 3 N–H and O–H groups in total. The molecule has 0 rings (SSSR count). The number of hydrogen-bond donors (Lipinski definition) is 3. The summed E-state index contributed by atoms with van der Waals surface area (Å²) in [6.07, 6.45) is 0.715. The maximum absolute atomic E-state index is 11.9. The van der Waals surface area contributed by atoms with Gasteiger partial charge in [0.1, 0.15) is 0 Å². The Balaban J connectivity index is 4.50. The van der Waals surface area contributed by atoms with Crippen molar-refractivity contribution < 1.29 is 14.7 Å². The number of carbonyl (C=O) groups excluding carboxylic acids is 1. The molecule has 0 unspecified atom stereocenters. The van der Waals surface area contributed by atoms with Gasteiger partial charge in [-0.05, 0) is 39.5 Å². The predicted molar refractivity (Wildman–Crippen MR) is 76.2 cm³/mol. The maximum atomic E-state index is 11.9. The van der Waals surface area contributed by atoms with Crippen LogP contribution in [0, 0.1) is 5.41 Å². The average molecular weight is 272 g/mol. The van der Waals surface area contributed by atoms with E-state index in [2.05, 4.69) is 31.4 Å². The van der Waals surface area contributed by atoms with Crippen LogP contribution in [0.2, 0.25) is 0 Å². The molecule has 0 saturated carbocycles. The molecule has 0 bridgehead atoms. The summed E-state index contributed by atoms with van der Waals surface area (Å²) in [4.78, 5) is 22.6. The fourth-order valence-corrected chi connectivity index (χ4v) is 2.44. The zero-order valence-corrected chi connectivity index (χ0v) is 13.2. The number of hydrogen-bond acceptors (Lipinski definition) is 2. The smallest absolute Gasteiger partial charge is 0.315 e. The van der Waals surface area contributed by atoms with Crippen molar-refractivity contribution in [3.05, 3.63) is 0 Å². The molecule has 2 amide bonds. The third kappa shape index (κ3) is 9.33. The summed E-state index contributed by atoms with van der Waals surface area (Å²) < 4.78 is 0. The number of urea groups is 1. The Labute approximate surface area is 116 Å². The van der Waals surface area contributed by atoms with Gasteiger partial charge in [0.25, 0.3) is 0 Å². The van der Waals surface area contributed by atoms with E-state index in [4.69, 9.17) is 5.11 Å². The molecule has 5 heteroatoms. The fraction of sp³-hybridized carbons (Fsp3) is 0.857. The van der Waals surface area contributed by atoms with Crippen molar-refractivity contribution in [3.63, 3.8) is 0 Å². The zero-order chi connectivity index (χ0) is 15.5. The molecule has 5 nitrogen and oxygen atoms in total. The maximum Gasteiger partial charge on any atom is 0.315 e. The van der Waals surface area contributed by atoms with Crippen molar-refractivity contribution in [2.24, 2.45) is 5.41 Å². The van der Waals surface area contributed by atoms with Crippen LogP contribution in [0.15, 0.2) is 0 Å². The van der Waals surface area contributed by atoms with Crippen LogP contribution in [0.4, 0.5) is 4.79 Å². The van der Waals surface area contributed by atoms with Gasteiger partial charge in [0.15, 0.2) is 0 Å². The summed E-state index contributed by atoms with van der Waals surface area (Å²) >= 11 is 0. The van der Waals surface area contributed by atoms with Crippen LogP contribution in [0.25, 0.3) is 0 Å². The van der Waals surface area contributed by atoms with Crippen molar-refractivity contribution in [3.8, 4) is 0 Å².